The first-order chi connectivity index (χ1) is 11.1. The fourth-order valence-electron chi connectivity index (χ4n) is 3.15. The number of hydrogen-bond donors (Lipinski definition) is 1. The second-order valence-electron chi connectivity index (χ2n) is 6.16. The largest absolute Gasteiger partial charge is 0.341 e. The summed E-state index contributed by atoms with van der Waals surface area (Å²) >= 11 is 0. The van der Waals surface area contributed by atoms with Gasteiger partial charge in [-0.2, -0.15) is 0 Å². The first kappa shape index (κ1) is 15.7. The monoisotopic (exact) mass is 312 g/mol. The van der Waals surface area contributed by atoms with E-state index in [9.17, 15) is 9.18 Å². The van der Waals surface area contributed by atoms with Gasteiger partial charge < -0.3 is 10.6 Å². The summed E-state index contributed by atoms with van der Waals surface area (Å²) in [6.45, 7) is 1.46. The predicted molar refractivity (Wildman–Crippen MR) is 88.2 cm³/mol. The molecule has 0 aliphatic carbocycles. The third-order valence-corrected chi connectivity index (χ3v) is 4.46. The van der Waals surface area contributed by atoms with E-state index < -0.39 is 6.04 Å². The molecule has 1 fully saturated rings. The van der Waals surface area contributed by atoms with Crippen molar-refractivity contribution < 1.29 is 9.18 Å². The van der Waals surface area contributed by atoms with Gasteiger partial charge in [0.25, 0.3) is 0 Å². The Morgan fingerprint density at radius 1 is 1.17 bits per heavy atom. The van der Waals surface area contributed by atoms with Crippen LogP contribution in [0.5, 0.6) is 0 Å². The lowest BCUT2D eigenvalue weighted by Gasteiger charge is -2.21. The average molecular weight is 312 g/mol. The van der Waals surface area contributed by atoms with Gasteiger partial charge >= 0.3 is 0 Å². The summed E-state index contributed by atoms with van der Waals surface area (Å²) in [5.74, 6) is 0.177. The van der Waals surface area contributed by atoms with E-state index in [0.717, 1.165) is 37.1 Å². The van der Waals surface area contributed by atoms with Crippen LogP contribution >= 0.6 is 0 Å². The fourth-order valence-corrected chi connectivity index (χ4v) is 3.15. The van der Waals surface area contributed by atoms with Gasteiger partial charge in [-0.1, -0.05) is 42.5 Å². The summed E-state index contributed by atoms with van der Waals surface area (Å²) in [7, 11) is 0. The van der Waals surface area contributed by atoms with Crippen molar-refractivity contribution in [2.24, 2.45) is 11.7 Å². The molecule has 2 unspecified atom stereocenters. The van der Waals surface area contributed by atoms with Crippen molar-refractivity contribution in [2.75, 3.05) is 13.1 Å². The Kier molecular flexibility index (Phi) is 4.72. The standard InChI is InChI=1S/C19H21FN2O/c20-17-8-6-14(7-9-17)12-15-10-11-22(13-15)19(23)18(21)16-4-2-1-3-5-16/h1-9,15,18H,10-13,21H2. The summed E-state index contributed by atoms with van der Waals surface area (Å²) in [5, 5.41) is 0. The molecule has 2 N–H and O–H groups in total. The number of benzene rings is 2. The molecule has 3 nitrogen and oxygen atoms in total. The van der Waals surface area contributed by atoms with Gasteiger partial charge in [-0.25, -0.2) is 4.39 Å². The van der Waals surface area contributed by atoms with E-state index in [1.807, 2.05) is 47.4 Å². The number of nitrogens with zero attached hydrogens (tertiary/aromatic N) is 1. The van der Waals surface area contributed by atoms with Crippen LogP contribution in [-0.2, 0) is 11.2 Å². The highest BCUT2D eigenvalue weighted by Gasteiger charge is 2.29. The molecule has 1 heterocycles. The van der Waals surface area contributed by atoms with E-state index in [2.05, 4.69) is 0 Å². The first-order valence-corrected chi connectivity index (χ1v) is 7.97. The minimum atomic E-state index is -0.597. The molecule has 0 aromatic heterocycles. The second kappa shape index (κ2) is 6.92. The minimum absolute atomic E-state index is 0.0159. The molecule has 3 rings (SSSR count). The van der Waals surface area contributed by atoms with Crippen LogP contribution in [0, 0.1) is 11.7 Å². The molecule has 0 bridgehead atoms. The van der Waals surface area contributed by atoms with Crippen LogP contribution in [0.1, 0.15) is 23.6 Å². The molecule has 1 saturated heterocycles. The van der Waals surface area contributed by atoms with Gasteiger partial charge in [0, 0.05) is 13.1 Å². The first-order valence-electron chi connectivity index (χ1n) is 7.97. The molecule has 1 aliphatic heterocycles. The smallest absolute Gasteiger partial charge is 0.244 e. The van der Waals surface area contributed by atoms with Crippen molar-refractivity contribution in [3.05, 3.63) is 71.5 Å². The van der Waals surface area contributed by atoms with Gasteiger partial charge in [0.05, 0.1) is 0 Å². The summed E-state index contributed by atoms with van der Waals surface area (Å²) in [5.41, 5.74) is 8.06. The van der Waals surface area contributed by atoms with E-state index in [4.69, 9.17) is 5.73 Å². The van der Waals surface area contributed by atoms with Crippen molar-refractivity contribution in [3.8, 4) is 0 Å². The number of carbonyl (C=O) groups excluding carboxylic acids is 1. The maximum Gasteiger partial charge on any atom is 0.244 e. The number of rotatable bonds is 4. The van der Waals surface area contributed by atoms with Gasteiger partial charge in [-0.05, 0) is 42.0 Å². The van der Waals surface area contributed by atoms with Gasteiger partial charge in [0.2, 0.25) is 5.91 Å². The van der Waals surface area contributed by atoms with Crippen LogP contribution in [0.2, 0.25) is 0 Å². The summed E-state index contributed by atoms with van der Waals surface area (Å²) in [6.07, 6.45) is 1.83. The van der Waals surface area contributed by atoms with Crippen LogP contribution in [-0.4, -0.2) is 23.9 Å². The Morgan fingerprint density at radius 3 is 2.57 bits per heavy atom. The van der Waals surface area contributed by atoms with E-state index in [-0.39, 0.29) is 11.7 Å². The lowest BCUT2D eigenvalue weighted by atomic mass is 9.99. The summed E-state index contributed by atoms with van der Waals surface area (Å²) in [6, 6.07) is 15.5. The zero-order chi connectivity index (χ0) is 16.2. The molecule has 23 heavy (non-hydrogen) atoms. The minimum Gasteiger partial charge on any atom is -0.341 e. The third kappa shape index (κ3) is 3.77. The van der Waals surface area contributed by atoms with Crippen molar-refractivity contribution >= 4 is 5.91 Å². The predicted octanol–water partition coefficient (Wildman–Crippen LogP) is 2.92. The van der Waals surface area contributed by atoms with Gasteiger partial charge in [-0.3, -0.25) is 4.79 Å². The SMILES string of the molecule is NC(C(=O)N1CCC(Cc2ccc(F)cc2)C1)c1ccccc1. The molecule has 1 aliphatic rings. The van der Waals surface area contributed by atoms with E-state index in [1.54, 1.807) is 0 Å². The Hall–Kier alpha value is -2.20. The second-order valence-corrected chi connectivity index (χ2v) is 6.16. The normalized spacial score (nSPS) is 18.9. The Morgan fingerprint density at radius 2 is 1.87 bits per heavy atom. The van der Waals surface area contributed by atoms with Crippen molar-refractivity contribution in [1.29, 1.82) is 0 Å². The number of halogens is 1. The van der Waals surface area contributed by atoms with Crippen LogP contribution in [0.15, 0.2) is 54.6 Å². The maximum atomic E-state index is 13.0. The average Bonchev–Trinajstić information content (AvgIpc) is 3.05. The molecule has 1 amide bonds. The summed E-state index contributed by atoms with van der Waals surface area (Å²) in [4.78, 5) is 14.4. The zero-order valence-corrected chi connectivity index (χ0v) is 13.0. The highest BCUT2D eigenvalue weighted by atomic mass is 19.1. The summed E-state index contributed by atoms with van der Waals surface area (Å²) < 4.78 is 13.0. The number of carbonyl (C=O) groups is 1. The molecule has 0 spiro atoms. The lowest BCUT2D eigenvalue weighted by Crippen LogP contribution is -2.37. The van der Waals surface area contributed by atoms with Gasteiger partial charge in [-0.15, -0.1) is 0 Å². The van der Waals surface area contributed by atoms with Crippen LogP contribution in [0.25, 0.3) is 0 Å². The van der Waals surface area contributed by atoms with Crippen LogP contribution in [0.4, 0.5) is 4.39 Å². The molecule has 2 atom stereocenters. The van der Waals surface area contributed by atoms with Gasteiger partial charge in [0.1, 0.15) is 11.9 Å². The Balaban J connectivity index is 1.58. The molecular formula is C19H21FN2O. The number of nitrogens with two attached hydrogens (primary N) is 1. The van der Waals surface area contributed by atoms with Crippen molar-refractivity contribution in [1.82, 2.24) is 4.90 Å². The molecule has 2 aromatic rings. The van der Waals surface area contributed by atoms with Crippen LogP contribution < -0.4 is 5.73 Å². The van der Waals surface area contributed by atoms with Gasteiger partial charge in [0.15, 0.2) is 0 Å². The van der Waals surface area contributed by atoms with Crippen molar-refractivity contribution in [3.63, 3.8) is 0 Å². The molecule has 2 aromatic carbocycles. The highest BCUT2D eigenvalue weighted by molar-refractivity contribution is 5.83. The molecular weight excluding hydrogens is 291 g/mol. The van der Waals surface area contributed by atoms with E-state index in [1.165, 1.54) is 12.1 Å². The Bertz CT molecular complexity index is 657. The quantitative estimate of drug-likeness (QED) is 0.943. The molecule has 4 heteroatoms. The fraction of sp³-hybridized carbons (Fsp3) is 0.316. The number of amides is 1. The van der Waals surface area contributed by atoms with E-state index >= 15 is 0 Å². The van der Waals surface area contributed by atoms with Crippen LogP contribution in [0.3, 0.4) is 0 Å². The topological polar surface area (TPSA) is 46.3 Å². The number of hydrogen-bond acceptors (Lipinski definition) is 2. The Labute approximate surface area is 135 Å². The molecule has 0 saturated carbocycles. The zero-order valence-electron chi connectivity index (χ0n) is 13.0. The number of likely N-dealkylation sites (tertiary alicyclic amines) is 1. The molecule has 120 valence electrons. The highest BCUT2D eigenvalue weighted by Crippen LogP contribution is 2.24. The maximum absolute atomic E-state index is 13.0. The van der Waals surface area contributed by atoms with E-state index in [0.29, 0.717) is 5.92 Å². The third-order valence-electron chi connectivity index (χ3n) is 4.46. The van der Waals surface area contributed by atoms with Crippen molar-refractivity contribution in [2.45, 2.75) is 18.9 Å². The lowest BCUT2D eigenvalue weighted by molar-refractivity contribution is -0.131. The molecule has 0 radical (unpaired) electrons.